The lowest BCUT2D eigenvalue weighted by molar-refractivity contribution is -0.124. The molecule has 0 bridgehead atoms. The van der Waals surface area contributed by atoms with Gasteiger partial charge in [-0.25, -0.2) is 10.9 Å². The molecule has 5 N–H and O–H groups in total. The number of hydrogen-bond acceptors (Lipinski definition) is 6. The predicted octanol–water partition coefficient (Wildman–Crippen LogP) is 1.38. The summed E-state index contributed by atoms with van der Waals surface area (Å²) in [5, 5.41) is 31.1. The molecule has 8 heteroatoms. The summed E-state index contributed by atoms with van der Waals surface area (Å²) in [7, 11) is 0. The van der Waals surface area contributed by atoms with Crippen molar-refractivity contribution in [2.24, 2.45) is 5.10 Å². The summed E-state index contributed by atoms with van der Waals surface area (Å²) >= 11 is 0. The number of amides is 2. The van der Waals surface area contributed by atoms with Crippen LogP contribution in [0.3, 0.4) is 0 Å². The number of hydrazone groups is 1. The van der Waals surface area contributed by atoms with Crippen molar-refractivity contribution in [2.45, 2.75) is 0 Å². The highest BCUT2D eigenvalue weighted by atomic mass is 16.5. The van der Waals surface area contributed by atoms with E-state index in [-0.39, 0.29) is 17.1 Å². The van der Waals surface area contributed by atoms with E-state index < -0.39 is 11.8 Å². The molecule has 0 aliphatic heterocycles. The van der Waals surface area contributed by atoms with Gasteiger partial charge in [-0.05, 0) is 42.0 Å². The average molecular weight is 341 g/mol. The second kappa shape index (κ2) is 8.27. The van der Waals surface area contributed by atoms with Crippen LogP contribution in [0.25, 0.3) is 6.08 Å². The molecule has 0 aliphatic carbocycles. The van der Waals surface area contributed by atoms with Crippen LogP contribution in [0.4, 0.5) is 0 Å². The van der Waals surface area contributed by atoms with Gasteiger partial charge in [0.05, 0.1) is 6.21 Å². The van der Waals surface area contributed by atoms with Crippen LogP contribution in [0.15, 0.2) is 53.6 Å². The zero-order valence-corrected chi connectivity index (χ0v) is 12.9. The topological polar surface area (TPSA) is 131 Å². The van der Waals surface area contributed by atoms with Crippen molar-refractivity contribution < 1.29 is 25.0 Å². The third kappa shape index (κ3) is 5.19. The zero-order valence-electron chi connectivity index (χ0n) is 12.9. The van der Waals surface area contributed by atoms with Gasteiger partial charge in [-0.15, -0.1) is 0 Å². The van der Waals surface area contributed by atoms with E-state index in [9.17, 15) is 19.8 Å². The molecule has 2 rings (SSSR count). The van der Waals surface area contributed by atoms with Crippen LogP contribution in [0.2, 0.25) is 0 Å². The Morgan fingerprint density at radius 3 is 2.64 bits per heavy atom. The van der Waals surface area contributed by atoms with Gasteiger partial charge in [0.2, 0.25) is 0 Å². The van der Waals surface area contributed by atoms with Gasteiger partial charge < -0.3 is 10.2 Å². The summed E-state index contributed by atoms with van der Waals surface area (Å²) in [5.74, 6) is -1.33. The summed E-state index contributed by atoms with van der Waals surface area (Å²) < 4.78 is 0. The van der Waals surface area contributed by atoms with Crippen molar-refractivity contribution in [1.82, 2.24) is 10.9 Å². The highest BCUT2D eigenvalue weighted by Crippen LogP contribution is 2.20. The van der Waals surface area contributed by atoms with Crippen molar-refractivity contribution in [3.05, 3.63) is 65.2 Å². The van der Waals surface area contributed by atoms with Gasteiger partial charge in [0.15, 0.2) is 0 Å². The Morgan fingerprint density at radius 2 is 1.88 bits per heavy atom. The summed E-state index contributed by atoms with van der Waals surface area (Å²) in [5.41, 5.74) is 4.87. The largest absolute Gasteiger partial charge is 0.508 e. The van der Waals surface area contributed by atoms with E-state index in [1.807, 2.05) is 0 Å². The summed E-state index contributed by atoms with van der Waals surface area (Å²) in [6.45, 7) is 0. The van der Waals surface area contributed by atoms with E-state index in [1.165, 1.54) is 42.0 Å². The molecule has 0 radical (unpaired) electrons. The van der Waals surface area contributed by atoms with Gasteiger partial charge in [-0.1, -0.05) is 12.1 Å². The first kappa shape index (κ1) is 17.7. The molecule has 2 aromatic carbocycles. The van der Waals surface area contributed by atoms with E-state index in [2.05, 4.69) is 10.5 Å². The molecule has 0 heterocycles. The van der Waals surface area contributed by atoms with E-state index in [0.717, 1.165) is 6.08 Å². The van der Waals surface area contributed by atoms with Crippen molar-refractivity contribution >= 4 is 24.1 Å². The molecule has 25 heavy (non-hydrogen) atoms. The van der Waals surface area contributed by atoms with Gasteiger partial charge in [-0.2, -0.15) is 5.10 Å². The van der Waals surface area contributed by atoms with Crippen LogP contribution in [0.1, 0.15) is 21.5 Å². The fraction of sp³-hybridized carbons (Fsp3) is 0. The van der Waals surface area contributed by atoms with Crippen molar-refractivity contribution in [3.63, 3.8) is 0 Å². The lowest BCUT2D eigenvalue weighted by atomic mass is 10.1. The normalized spacial score (nSPS) is 10.9. The zero-order chi connectivity index (χ0) is 18.2. The molecule has 0 fully saturated rings. The second-order valence-electron chi connectivity index (χ2n) is 4.88. The predicted molar refractivity (Wildman–Crippen MR) is 90.2 cm³/mol. The fourth-order valence-corrected chi connectivity index (χ4v) is 1.86. The first-order valence-corrected chi connectivity index (χ1v) is 7.07. The van der Waals surface area contributed by atoms with E-state index in [1.54, 1.807) is 18.2 Å². The first-order chi connectivity index (χ1) is 12.0. The number of nitrogens with one attached hydrogen (secondary N) is 2. The Hall–Kier alpha value is -3.65. The monoisotopic (exact) mass is 341 g/mol. The highest BCUT2D eigenvalue weighted by Gasteiger charge is 2.05. The number of aromatic hydroxyl groups is 2. The minimum atomic E-state index is -0.689. The molecule has 0 unspecified atom stereocenters. The molecular formula is C17H15N3O5. The number of benzene rings is 2. The minimum absolute atomic E-state index is 0.0445. The molecule has 0 aliphatic rings. The highest BCUT2D eigenvalue weighted by molar-refractivity contribution is 5.96. The van der Waals surface area contributed by atoms with E-state index in [0.29, 0.717) is 11.1 Å². The summed E-state index contributed by atoms with van der Waals surface area (Å²) in [4.78, 5) is 23.0. The van der Waals surface area contributed by atoms with Gasteiger partial charge in [0.25, 0.3) is 11.8 Å². The number of carbonyl (C=O) groups is 2. The smallest absolute Gasteiger partial charge is 0.271 e. The van der Waals surface area contributed by atoms with Crippen LogP contribution in [0, 0.1) is 0 Å². The molecule has 2 amide bonds. The molecule has 2 aromatic rings. The van der Waals surface area contributed by atoms with Gasteiger partial charge in [0, 0.05) is 17.2 Å². The molecule has 128 valence electrons. The second-order valence-corrected chi connectivity index (χ2v) is 4.88. The lowest BCUT2D eigenvalue weighted by Crippen LogP contribution is -2.17. The number of hydrogen-bond donors (Lipinski definition) is 5. The quantitative estimate of drug-likeness (QED) is 0.184. The maximum Gasteiger partial charge on any atom is 0.271 e. The van der Waals surface area contributed by atoms with Crippen LogP contribution < -0.4 is 10.9 Å². The number of carbonyl (C=O) groups excluding carboxylic acids is 2. The number of hydroxylamine groups is 1. The SMILES string of the molecule is O=C(/C=C/c1cccc(C(=O)N/N=C/c2cc(O)ccc2O)c1)NO. The third-order valence-electron chi connectivity index (χ3n) is 3.07. The van der Waals surface area contributed by atoms with Crippen molar-refractivity contribution in [1.29, 1.82) is 0 Å². The maximum absolute atomic E-state index is 12.1. The Balaban J connectivity index is 2.06. The summed E-state index contributed by atoms with van der Waals surface area (Å²) in [6, 6.07) is 10.3. The number of nitrogens with zero attached hydrogens (tertiary/aromatic N) is 1. The van der Waals surface area contributed by atoms with Crippen LogP contribution >= 0.6 is 0 Å². The maximum atomic E-state index is 12.1. The fourth-order valence-electron chi connectivity index (χ4n) is 1.86. The minimum Gasteiger partial charge on any atom is -0.508 e. The molecule has 0 spiro atoms. The molecule has 0 saturated carbocycles. The molecular weight excluding hydrogens is 326 g/mol. The molecule has 0 atom stereocenters. The Labute approximate surface area is 142 Å². The number of phenolic OH excluding ortho intramolecular Hbond substituents is 2. The van der Waals surface area contributed by atoms with E-state index in [4.69, 9.17) is 5.21 Å². The van der Waals surface area contributed by atoms with Gasteiger partial charge in [0.1, 0.15) is 11.5 Å². The Kier molecular flexibility index (Phi) is 5.86. The standard InChI is InChI=1S/C17H15N3O5/c21-14-5-6-15(22)13(9-14)10-18-19-17(24)12-3-1-2-11(8-12)4-7-16(23)20-25/h1-10,21-22,25H,(H,19,24)(H,20,23)/b7-4+,18-10+. The molecule has 0 aromatic heterocycles. The van der Waals surface area contributed by atoms with E-state index >= 15 is 0 Å². The van der Waals surface area contributed by atoms with Gasteiger partial charge >= 0.3 is 0 Å². The number of phenols is 2. The Bertz CT molecular complexity index is 846. The van der Waals surface area contributed by atoms with Crippen LogP contribution in [0.5, 0.6) is 11.5 Å². The number of rotatable bonds is 5. The molecule has 8 nitrogen and oxygen atoms in total. The lowest BCUT2D eigenvalue weighted by Gasteiger charge is -2.02. The third-order valence-corrected chi connectivity index (χ3v) is 3.07. The van der Waals surface area contributed by atoms with Gasteiger partial charge in [-0.3, -0.25) is 14.8 Å². The Morgan fingerprint density at radius 1 is 1.08 bits per heavy atom. The van der Waals surface area contributed by atoms with Crippen LogP contribution in [-0.4, -0.2) is 33.4 Å². The first-order valence-electron chi connectivity index (χ1n) is 7.07. The average Bonchev–Trinajstić information content (AvgIpc) is 2.62. The molecule has 0 saturated heterocycles. The summed E-state index contributed by atoms with van der Waals surface area (Å²) in [6.07, 6.45) is 3.73. The van der Waals surface area contributed by atoms with Crippen molar-refractivity contribution in [3.8, 4) is 11.5 Å². The van der Waals surface area contributed by atoms with Crippen LogP contribution in [-0.2, 0) is 4.79 Å². The van der Waals surface area contributed by atoms with Crippen molar-refractivity contribution in [2.75, 3.05) is 0 Å².